The van der Waals surface area contributed by atoms with Crippen LogP contribution in [0, 0.1) is 5.92 Å². The molecule has 1 amide bonds. The molecule has 0 aliphatic carbocycles. The number of fused-ring (bicyclic) bond motifs is 1. The van der Waals surface area contributed by atoms with Crippen LogP contribution in [-0.4, -0.2) is 87.2 Å². The van der Waals surface area contributed by atoms with E-state index in [0.29, 0.717) is 24.0 Å². The monoisotopic (exact) mass is 567 g/mol. The van der Waals surface area contributed by atoms with Crippen molar-refractivity contribution in [2.24, 2.45) is 5.92 Å². The van der Waals surface area contributed by atoms with Gasteiger partial charge in [0.15, 0.2) is 0 Å². The molecule has 3 atom stereocenters. The molecule has 2 saturated heterocycles. The van der Waals surface area contributed by atoms with Gasteiger partial charge in [0.2, 0.25) is 5.95 Å². The number of hydrogen-bond acceptors (Lipinski definition) is 8. The summed E-state index contributed by atoms with van der Waals surface area (Å²) in [5.41, 5.74) is 0.558. The molecule has 0 spiro atoms. The summed E-state index contributed by atoms with van der Waals surface area (Å²) in [5, 5.41) is 17.4. The van der Waals surface area contributed by atoms with Gasteiger partial charge in [-0.3, -0.25) is 9.78 Å². The Morgan fingerprint density at radius 2 is 1.54 bits per heavy atom. The van der Waals surface area contributed by atoms with Gasteiger partial charge in [-0.1, -0.05) is 0 Å². The molecule has 3 N–H and O–H groups in total. The number of carbonyl (C=O) groups is 3. The van der Waals surface area contributed by atoms with E-state index in [1.807, 2.05) is 6.07 Å². The van der Waals surface area contributed by atoms with Gasteiger partial charge in [0.05, 0.1) is 17.7 Å². The minimum absolute atomic E-state index is 0.0364. The number of rotatable bonds is 3. The summed E-state index contributed by atoms with van der Waals surface area (Å²) in [6.45, 7) is 2.24. The van der Waals surface area contributed by atoms with Crippen LogP contribution in [0.15, 0.2) is 43.0 Å². The third-order valence-electron chi connectivity index (χ3n) is 5.32. The van der Waals surface area contributed by atoms with Gasteiger partial charge in [-0.15, -0.1) is 0 Å². The molecule has 4 heterocycles. The standard InChI is InChI=1S/C18H21N5O2.2C2HF3O2/c24-17(13-4-1-6-19-10-13)22-15-12-23(18-20-7-3-8-21-18)11-14-5-2-9-25-16(14)15;2*3-2(4,5)1(6)7/h1,3-4,6-8,10,14-16H,2,5,9,11-12H2,(H,22,24);2*(H,6,7)/t14-,15+,16-;;/m0../s1. The number of carboxylic acids is 2. The molecule has 2 aliphatic heterocycles. The zero-order chi connectivity index (χ0) is 29.2. The average Bonchev–Trinajstić information content (AvgIpc) is 2.89. The summed E-state index contributed by atoms with van der Waals surface area (Å²) >= 11 is 0. The van der Waals surface area contributed by atoms with Crippen molar-refractivity contribution in [3.63, 3.8) is 0 Å². The Labute approximate surface area is 216 Å². The number of pyridine rings is 1. The fourth-order valence-electron chi connectivity index (χ4n) is 3.70. The van der Waals surface area contributed by atoms with Crippen molar-refractivity contribution in [2.75, 3.05) is 24.6 Å². The van der Waals surface area contributed by atoms with Crippen LogP contribution < -0.4 is 10.2 Å². The molecule has 11 nitrogen and oxygen atoms in total. The van der Waals surface area contributed by atoms with E-state index in [2.05, 4.69) is 25.2 Å². The molecule has 0 bridgehead atoms. The second-order valence-electron chi connectivity index (χ2n) is 8.12. The normalized spacial score (nSPS) is 20.7. The van der Waals surface area contributed by atoms with Gasteiger partial charge >= 0.3 is 24.3 Å². The topological polar surface area (TPSA) is 155 Å². The Morgan fingerprint density at radius 1 is 0.949 bits per heavy atom. The summed E-state index contributed by atoms with van der Waals surface area (Å²) < 4.78 is 69.5. The number of aliphatic carboxylic acids is 2. The summed E-state index contributed by atoms with van der Waals surface area (Å²) in [4.78, 5) is 45.3. The summed E-state index contributed by atoms with van der Waals surface area (Å²) in [7, 11) is 0. The Balaban J connectivity index is 0.000000317. The smallest absolute Gasteiger partial charge is 0.475 e. The third-order valence-corrected chi connectivity index (χ3v) is 5.32. The van der Waals surface area contributed by atoms with Crippen LogP contribution in [0.4, 0.5) is 32.3 Å². The van der Waals surface area contributed by atoms with Gasteiger partial charge in [0, 0.05) is 50.4 Å². The number of amides is 1. The molecular weight excluding hydrogens is 544 g/mol. The highest BCUT2D eigenvalue weighted by molar-refractivity contribution is 5.94. The molecule has 17 heteroatoms. The highest BCUT2D eigenvalue weighted by atomic mass is 19.4. The number of piperidine rings is 1. The molecule has 0 radical (unpaired) electrons. The highest BCUT2D eigenvalue weighted by Crippen LogP contribution is 2.30. The number of halogens is 6. The second-order valence-corrected chi connectivity index (χ2v) is 8.12. The van der Waals surface area contributed by atoms with Gasteiger partial charge in [-0.25, -0.2) is 19.6 Å². The van der Waals surface area contributed by atoms with Crippen LogP contribution in [-0.2, 0) is 14.3 Å². The highest BCUT2D eigenvalue weighted by Gasteiger charge is 2.41. The van der Waals surface area contributed by atoms with Crippen LogP contribution in [0.2, 0.25) is 0 Å². The van der Waals surface area contributed by atoms with E-state index in [9.17, 15) is 31.1 Å². The van der Waals surface area contributed by atoms with E-state index >= 15 is 0 Å². The first-order chi connectivity index (χ1) is 18.2. The summed E-state index contributed by atoms with van der Waals surface area (Å²) in [6, 6.07) is 5.24. The first-order valence-electron chi connectivity index (χ1n) is 11.1. The lowest BCUT2D eigenvalue weighted by Gasteiger charge is -2.45. The fourth-order valence-corrected chi connectivity index (χ4v) is 3.70. The first-order valence-corrected chi connectivity index (χ1v) is 11.1. The van der Waals surface area contributed by atoms with Crippen molar-refractivity contribution in [3.8, 4) is 0 Å². The molecule has 2 fully saturated rings. The van der Waals surface area contributed by atoms with E-state index < -0.39 is 24.3 Å². The summed E-state index contributed by atoms with van der Waals surface area (Å²) in [5.74, 6) is -4.57. The first kappa shape index (κ1) is 31.2. The molecule has 0 aromatic carbocycles. The SMILES string of the molecule is O=C(N[C@@H]1CN(c2ncccn2)C[C@@H]2CCCO[C@@H]21)c1cccnc1.O=C(O)C(F)(F)F.O=C(O)C(F)(F)F. The van der Waals surface area contributed by atoms with E-state index in [1.165, 1.54) is 0 Å². The minimum Gasteiger partial charge on any atom is -0.475 e. The van der Waals surface area contributed by atoms with Gasteiger partial charge in [0.1, 0.15) is 0 Å². The predicted molar refractivity (Wildman–Crippen MR) is 120 cm³/mol. The molecule has 4 rings (SSSR count). The number of aromatic nitrogens is 3. The molecule has 2 aromatic rings. The number of hydrogen-bond donors (Lipinski definition) is 3. The lowest BCUT2D eigenvalue weighted by atomic mass is 9.85. The molecule has 214 valence electrons. The molecule has 0 saturated carbocycles. The zero-order valence-corrected chi connectivity index (χ0v) is 19.9. The Bertz CT molecular complexity index is 1070. The minimum atomic E-state index is -5.08. The van der Waals surface area contributed by atoms with Gasteiger partial charge < -0.3 is 25.2 Å². The quantitative estimate of drug-likeness (QED) is 0.472. The lowest BCUT2D eigenvalue weighted by Crippen LogP contribution is -2.61. The van der Waals surface area contributed by atoms with Crippen LogP contribution in [0.3, 0.4) is 0 Å². The van der Waals surface area contributed by atoms with Crippen molar-refractivity contribution < 1.29 is 55.7 Å². The van der Waals surface area contributed by atoms with Crippen molar-refractivity contribution in [3.05, 3.63) is 48.5 Å². The largest absolute Gasteiger partial charge is 0.490 e. The zero-order valence-electron chi connectivity index (χ0n) is 19.9. The van der Waals surface area contributed by atoms with Crippen molar-refractivity contribution in [1.82, 2.24) is 20.3 Å². The number of carbonyl (C=O) groups excluding carboxylic acids is 1. The second kappa shape index (κ2) is 13.7. The maximum absolute atomic E-state index is 12.6. The van der Waals surface area contributed by atoms with Crippen LogP contribution in [0.25, 0.3) is 0 Å². The average molecular weight is 567 g/mol. The van der Waals surface area contributed by atoms with Crippen molar-refractivity contribution in [2.45, 2.75) is 37.3 Å². The number of nitrogens with one attached hydrogen (secondary N) is 1. The number of anilines is 1. The molecule has 2 aliphatic rings. The van der Waals surface area contributed by atoms with E-state index in [1.54, 1.807) is 36.9 Å². The molecule has 0 unspecified atom stereocenters. The van der Waals surface area contributed by atoms with E-state index in [4.69, 9.17) is 24.5 Å². The Morgan fingerprint density at radius 3 is 2.05 bits per heavy atom. The molecule has 39 heavy (non-hydrogen) atoms. The van der Waals surface area contributed by atoms with Crippen molar-refractivity contribution in [1.29, 1.82) is 0 Å². The number of alkyl halides is 6. The maximum atomic E-state index is 12.6. The maximum Gasteiger partial charge on any atom is 0.490 e. The Hall–Kier alpha value is -4.02. The van der Waals surface area contributed by atoms with Crippen molar-refractivity contribution >= 4 is 23.8 Å². The molecule has 2 aromatic heterocycles. The van der Waals surface area contributed by atoms with Crippen LogP contribution >= 0.6 is 0 Å². The van der Waals surface area contributed by atoms with Crippen LogP contribution in [0.5, 0.6) is 0 Å². The number of nitrogens with zero attached hydrogens (tertiary/aromatic N) is 4. The predicted octanol–water partition coefficient (Wildman–Crippen LogP) is 2.55. The summed E-state index contributed by atoms with van der Waals surface area (Å²) in [6.07, 6.45) is -1.26. The fraction of sp³-hybridized carbons (Fsp3) is 0.455. The van der Waals surface area contributed by atoms with Gasteiger partial charge in [-0.2, -0.15) is 26.3 Å². The van der Waals surface area contributed by atoms with E-state index in [-0.39, 0.29) is 18.1 Å². The van der Waals surface area contributed by atoms with E-state index in [0.717, 1.165) is 26.0 Å². The third kappa shape index (κ3) is 9.99. The van der Waals surface area contributed by atoms with Crippen LogP contribution in [0.1, 0.15) is 23.2 Å². The molecular formula is C22H23F6N5O6. The van der Waals surface area contributed by atoms with Gasteiger partial charge in [0.25, 0.3) is 5.91 Å². The number of ether oxygens (including phenoxy) is 1. The van der Waals surface area contributed by atoms with Gasteiger partial charge in [-0.05, 0) is 31.0 Å². The number of carboxylic acid groups (broad SMARTS) is 2. The Kier molecular flexibility index (Phi) is 10.9. The lowest BCUT2D eigenvalue weighted by molar-refractivity contribution is -0.193.